The van der Waals surface area contributed by atoms with Crippen molar-refractivity contribution in [3.63, 3.8) is 0 Å². The fraction of sp³-hybridized carbons (Fsp3) is 1.00. The Balaban J connectivity index is 2.34. The van der Waals surface area contributed by atoms with Crippen molar-refractivity contribution >= 4 is 11.8 Å². The maximum atomic E-state index is 5.95. The number of hydrogen-bond donors (Lipinski definition) is 1. The fourth-order valence-corrected chi connectivity index (χ4v) is 3.52. The summed E-state index contributed by atoms with van der Waals surface area (Å²) in [6, 6.07) is 1.32. The molecular weight excluding hydrogens is 242 g/mol. The fourth-order valence-electron chi connectivity index (χ4n) is 2.79. The molecule has 1 unspecified atom stereocenters. The van der Waals surface area contributed by atoms with Crippen LogP contribution in [-0.4, -0.2) is 66.6 Å². The van der Waals surface area contributed by atoms with E-state index in [1.54, 1.807) is 0 Å². The number of hydrogen-bond acceptors (Lipinski definition) is 4. The number of likely N-dealkylation sites (tertiary alicyclic amines) is 1. The van der Waals surface area contributed by atoms with Gasteiger partial charge in [-0.1, -0.05) is 13.8 Å². The SMILES string of the molecule is CCSCCC(CN)N(C)C1CCN(CC)CC1. The van der Waals surface area contributed by atoms with Gasteiger partial charge in [-0.2, -0.15) is 11.8 Å². The molecule has 1 fully saturated rings. The predicted octanol–water partition coefficient (Wildman–Crippen LogP) is 1.87. The Kier molecular flexibility index (Phi) is 8.31. The molecule has 0 radical (unpaired) electrons. The molecule has 18 heavy (non-hydrogen) atoms. The predicted molar refractivity (Wildman–Crippen MR) is 83.4 cm³/mol. The molecular formula is C14H31N3S. The summed E-state index contributed by atoms with van der Waals surface area (Å²) >= 11 is 2.03. The van der Waals surface area contributed by atoms with E-state index in [1.807, 2.05) is 11.8 Å². The number of thioether (sulfide) groups is 1. The molecule has 0 aromatic carbocycles. The molecule has 2 N–H and O–H groups in total. The molecule has 0 spiro atoms. The highest BCUT2D eigenvalue weighted by Gasteiger charge is 2.25. The molecule has 4 heteroatoms. The smallest absolute Gasteiger partial charge is 0.0226 e. The molecule has 1 aliphatic heterocycles. The van der Waals surface area contributed by atoms with E-state index < -0.39 is 0 Å². The summed E-state index contributed by atoms with van der Waals surface area (Å²) in [5.74, 6) is 2.46. The highest BCUT2D eigenvalue weighted by atomic mass is 32.2. The lowest BCUT2D eigenvalue weighted by molar-refractivity contribution is 0.0996. The van der Waals surface area contributed by atoms with Crippen LogP contribution in [-0.2, 0) is 0 Å². The van der Waals surface area contributed by atoms with Gasteiger partial charge >= 0.3 is 0 Å². The Morgan fingerprint density at radius 1 is 1.33 bits per heavy atom. The second-order valence-electron chi connectivity index (χ2n) is 5.21. The van der Waals surface area contributed by atoms with Crippen LogP contribution < -0.4 is 5.73 Å². The Hall–Kier alpha value is 0.230. The molecule has 3 nitrogen and oxygen atoms in total. The first-order valence-electron chi connectivity index (χ1n) is 7.45. The van der Waals surface area contributed by atoms with Crippen molar-refractivity contribution in [1.29, 1.82) is 0 Å². The molecule has 0 aromatic heterocycles. The van der Waals surface area contributed by atoms with Gasteiger partial charge in [0.2, 0.25) is 0 Å². The third kappa shape index (κ3) is 5.08. The Labute approximate surface area is 117 Å². The molecule has 0 saturated carbocycles. The van der Waals surface area contributed by atoms with Crippen molar-refractivity contribution in [2.45, 2.75) is 45.2 Å². The summed E-state index contributed by atoms with van der Waals surface area (Å²) in [6.45, 7) is 9.00. The molecule has 108 valence electrons. The average Bonchev–Trinajstić information content (AvgIpc) is 2.43. The van der Waals surface area contributed by atoms with Gasteiger partial charge in [0.25, 0.3) is 0 Å². The van der Waals surface area contributed by atoms with Gasteiger partial charge in [-0.25, -0.2) is 0 Å². The van der Waals surface area contributed by atoms with Crippen LogP contribution in [0.15, 0.2) is 0 Å². The van der Waals surface area contributed by atoms with Crippen molar-refractivity contribution in [1.82, 2.24) is 9.80 Å². The van der Waals surface area contributed by atoms with E-state index >= 15 is 0 Å². The van der Waals surface area contributed by atoms with Crippen LogP contribution in [0.2, 0.25) is 0 Å². The van der Waals surface area contributed by atoms with Crippen LogP contribution >= 0.6 is 11.8 Å². The van der Waals surface area contributed by atoms with Gasteiger partial charge in [-0.05, 0) is 57.5 Å². The molecule has 0 aliphatic carbocycles. The molecule has 1 heterocycles. The summed E-state index contributed by atoms with van der Waals surface area (Å²) in [4.78, 5) is 5.11. The first kappa shape index (κ1) is 16.3. The number of piperidine rings is 1. The molecule has 1 atom stereocenters. The molecule has 0 amide bonds. The van der Waals surface area contributed by atoms with Crippen molar-refractivity contribution in [2.75, 3.05) is 44.7 Å². The number of rotatable bonds is 8. The minimum Gasteiger partial charge on any atom is -0.329 e. The molecule has 0 aromatic rings. The van der Waals surface area contributed by atoms with Crippen LogP contribution in [0.25, 0.3) is 0 Å². The third-order valence-corrected chi connectivity index (χ3v) is 5.16. The number of nitrogens with two attached hydrogens (primary N) is 1. The van der Waals surface area contributed by atoms with E-state index in [0.717, 1.165) is 12.6 Å². The largest absolute Gasteiger partial charge is 0.329 e. The van der Waals surface area contributed by atoms with Crippen LogP contribution in [0.4, 0.5) is 0 Å². The van der Waals surface area contributed by atoms with E-state index in [-0.39, 0.29) is 0 Å². The van der Waals surface area contributed by atoms with E-state index in [1.165, 1.54) is 50.4 Å². The summed E-state index contributed by atoms with van der Waals surface area (Å²) in [7, 11) is 2.28. The maximum Gasteiger partial charge on any atom is 0.0226 e. The second-order valence-corrected chi connectivity index (χ2v) is 6.60. The number of likely N-dealkylation sites (N-methyl/N-ethyl adjacent to an activating group) is 1. The van der Waals surface area contributed by atoms with E-state index in [2.05, 4.69) is 30.7 Å². The van der Waals surface area contributed by atoms with Crippen molar-refractivity contribution < 1.29 is 0 Å². The molecule has 1 saturated heterocycles. The second kappa shape index (κ2) is 9.18. The standard InChI is InChI=1S/C14H31N3S/c1-4-17-9-6-13(7-10-17)16(3)14(12-15)8-11-18-5-2/h13-14H,4-12,15H2,1-3H3. The third-order valence-electron chi connectivity index (χ3n) is 4.23. The van der Waals surface area contributed by atoms with E-state index in [0.29, 0.717) is 6.04 Å². The lowest BCUT2D eigenvalue weighted by Gasteiger charge is -2.40. The topological polar surface area (TPSA) is 32.5 Å². The van der Waals surface area contributed by atoms with Gasteiger partial charge in [0, 0.05) is 18.6 Å². The summed E-state index contributed by atoms with van der Waals surface area (Å²) in [5, 5.41) is 0. The van der Waals surface area contributed by atoms with Crippen molar-refractivity contribution in [2.24, 2.45) is 5.73 Å². The first-order valence-corrected chi connectivity index (χ1v) is 8.60. The van der Waals surface area contributed by atoms with Crippen LogP contribution in [0.5, 0.6) is 0 Å². The highest BCUT2D eigenvalue weighted by molar-refractivity contribution is 7.99. The van der Waals surface area contributed by atoms with Gasteiger partial charge in [-0.3, -0.25) is 4.90 Å². The summed E-state index contributed by atoms with van der Waals surface area (Å²) < 4.78 is 0. The van der Waals surface area contributed by atoms with Crippen molar-refractivity contribution in [3.8, 4) is 0 Å². The van der Waals surface area contributed by atoms with Gasteiger partial charge < -0.3 is 10.6 Å². The lowest BCUT2D eigenvalue weighted by Crippen LogP contribution is -2.49. The normalized spacial score (nSPS) is 20.5. The Morgan fingerprint density at radius 3 is 2.50 bits per heavy atom. The zero-order chi connectivity index (χ0) is 13.4. The lowest BCUT2D eigenvalue weighted by atomic mass is 10.0. The quantitative estimate of drug-likeness (QED) is 0.684. The summed E-state index contributed by atoms with van der Waals surface area (Å²) in [6.07, 6.45) is 3.85. The van der Waals surface area contributed by atoms with Crippen LogP contribution in [0.3, 0.4) is 0 Å². The van der Waals surface area contributed by atoms with E-state index in [4.69, 9.17) is 5.73 Å². The maximum absolute atomic E-state index is 5.95. The van der Waals surface area contributed by atoms with Crippen molar-refractivity contribution in [3.05, 3.63) is 0 Å². The van der Waals surface area contributed by atoms with Gasteiger partial charge in [0.1, 0.15) is 0 Å². The minimum atomic E-state index is 0.572. The minimum absolute atomic E-state index is 0.572. The van der Waals surface area contributed by atoms with Gasteiger partial charge in [0.15, 0.2) is 0 Å². The zero-order valence-electron chi connectivity index (χ0n) is 12.4. The molecule has 1 rings (SSSR count). The van der Waals surface area contributed by atoms with Gasteiger partial charge in [-0.15, -0.1) is 0 Å². The number of nitrogens with zero attached hydrogens (tertiary/aromatic N) is 2. The van der Waals surface area contributed by atoms with Crippen LogP contribution in [0, 0.1) is 0 Å². The first-order chi connectivity index (χ1) is 8.72. The van der Waals surface area contributed by atoms with Crippen LogP contribution in [0.1, 0.15) is 33.1 Å². The van der Waals surface area contributed by atoms with E-state index in [9.17, 15) is 0 Å². The summed E-state index contributed by atoms with van der Waals surface area (Å²) in [5.41, 5.74) is 5.95. The zero-order valence-corrected chi connectivity index (χ0v) is 13.2. The molecule has 1 aliphatic rings. The van der Waals surface area contributed by atoms with Gasteiger partial charge in [0.05, 0.1) is 0 Å². The Morgan fingerprint density at radius 2 is 2.00 bits per heavy atom. The average molecular weight is 273 g/mol. The highest BCUT2D eigenvalue weighted by Crippen LogP contribution is 2.19. The Bertz CT molecular complexity index is 200. The monoisotopic (exact) mass is 273 g/mol. The molecule has 0 bridgehead atoms.